The van der Waals surface area contributed by atoms with Crippen LogP contribution in [-0.4, -0.2) is 52.7 Å². The van der Waals surface area contributed by atoms with Gasteiger partial charge in [0.15, 0.2) is 6.10 Å². The van der Waals surface area contributed by atoms with Crippen LogP contribution in [0, 0.1) is 6.92 Å². The average molecular weight is 326 g/mol. The van der Waals surface area contributed by atoms with E-state index in [2.05, 4.69) is 4.98 Å². The summed E-state index contributed by atoms with van der Waals surface area (Å²) in [5.74, 6) is -1.27. The van der Waals surface area contributed by atoms with Crippen LogP contribution in [0.1, 0.15) is 16.1 Å². The van der Waals surface area contributed by atoms with Gasteiger partial charge in [-0.05, 0) is 19.1 Å². The predicted molar refractivity (Wildman–Crippen MR) is 87.7 cm³/mol. The molecule has 3 rings (SSSR count). The molecule has 124 valence electrons. The Morgan fingerprint density at radius 1 is 1.21 bits per heavy atom. The van der Waals surface area contributed by atoms with E-state index in [1.54, 1.807) is 13.0 Å². The third kappa shape index (κ3) is 3.28. The summed E-state index contributed by atoms with van der Waals surface area (Å²) in [5.41, 5.74) is 2.90. The maximum absolute atomic E-state index is 12.7. The van der Waals surface area contributed by atoms with E-state index in [1.807, 2.05) is 36.4 Å². The Bertz CT molecular complexity index is 761. The van der Waals surface area contributed by atoms with Crippen LogP contribution >= 0.6 is 0 Å². The van der Waals surface area contributed by atoms with Crippen LogP contribution in [0.15, 0.2) is 42.5 Å². The molecule has 6 heteroatoms. The summed E-state index contributed by atoms with van der Waals surface area (Å²) in [7, 11) is 0. The fourth-order valence-electron chi connectivity index (χ4n) is 2.71. The molecule has 1 amide bonds. The molecule has 1 aromatic carbocycles. The molecular weight excluding hydrogens is 308 g/mol. The van der Waals surface area contributed by atoms with Crippen LogP contribution in [-0.2, 0) is 9.53 Å². The number of pyridine rings is 1. The van der Waals surface area contributed by atoms with Gasteiger partial charge in [0, 0.05) is 12.1 Å². The van der Waals surface area contributed by atoms with Crippen molar-refractivity contribution in [3.63, 3.8) is 0 Å². The Morgan fingerprint density at radius 2 is 1.96 bits per heavy atom. The lowest BCUT2D eigenvalue weighted by atomic mass is 10.1. The van der Waals surface area contributed by atoms with Gasteiger partial charge in [-0.3, -0.25) is 9.78 Å². The van der Waals surface area contributed by atoms with Crippen molar-refractivity contribution in [2.45, 2.75) is 13.0 Å². The zero-order valence-corrected chi connectivity index (χ0v) is 13.3. The summed E-state index contributed by atoms with van der Waals surface area (Å²) >= 11 is 0. The summed E-state index contributed by atoms with van der Waals surface area (Å²) in [4.78, 5) is 29.8. The van der Waals surface area contributed by atoms with Gasteiger partial charge in [-0.2, -0.15) is 0 Å². The first-order valence-corrected chi connectivity index (χ1v) is 7.73. The lowest BCUT2D eigenvalue weighted by Crippen LogP contribution is -2.48. The molecule has 1 saturated heterocycles. The molecular formula is C18H18N2O4. The fourth-order valence-corrected chi connectivity index (χ4v) is 2.71. The van der Waals surface area contributed by atoms with Gasteiger partial charge >= 0.3 is 5.97 Å². The van der Waals surface area contributed by atoms with Crippen molar-refractivity contribution < 1.29 is 19.4 Å². The highest BCUT2D eigenvalue weighted by Gasteiger charge is 2.30. The van der Waals surface area contributed by atoms with Crippen LogP contribution < -0.4 is 0 Å². The molecule has 24 heavy (non-hydrogen) atoms. The Balaban J connectivity index is 1.82. The number of aryl methyl sites for hydroxylation is 1. The number of ether oxygens (including phenoxy) is 1. The summed E-state index contributed by atoms with van der Waals surface area (Å²) in [6.07, 6.45) is -0.973. The molecule has 1 N–H and O–H groups in total. The molecule has 0 spiro atoms. The Morgan fingerprint density at radius 3 is 2.62 bits per heavy atom. The number of rotatable bonds is 3. The van der Waals surface area contributed by atoms with Crippen molar-refractivity contribution in [2.24, 2.45) is 0 Å². The summed E-state index contributed by atoms with van der Waals surface area (Å²) < 4.78 is 5.15. The number of amides is 1. The molecule has 1 aliphatic heterocycles. The fraction of sp³-hybridized carbons (Fsp3) is 0.278. The Hall–Kier alpha value is -2.73. The number of benzene rings is 1. The molecule has 0 radical (unpaired) electrons. The summed E-state index contributed by atoms with van der Waals surface area (Å²) in [6, 6.07) is 13.3. The molecule has 1 aromatic heterocycles. The first kappa shape index (κ1) is 16.1. The van der Waals surface area contributed by atoms with E-state index in [0.29, 0.717) is 17.8 Å². The topological polar surface area (TPSA) is 79.7 Å². The van der Waals surface area contributed by atoms with Gasteiger partial charge in [0.25, 0.3) is 5.91 Å². The smallest absolute Gasteiger partial charge is 0.334 e. The number of hydrogen-bond donors (Lipinski definition) is 1. The average Bonchev–Trinajstić information content (AvgIpc) is 2.62. The van der Waals surface area contributed by atoms with Gasteiger partial charge in [-0.1, -0.05) is 30.3 Å². The van der Waals surface area contributed by atoms with Crippen LogP contribution in [0.5, 0.6) is 0 Å². The molecule has 1 aliphatic rings. The third-order valence-corrected chi connectivity index (χ3v) is 4.01. The highest BCUT2D eigenvalue weighted by molar-refractivity contribution is 5.96. The van der Waals surface area contributed by atoms with Crippen molar-refractivity contribution in [1.82, 2.24) is 9.88 Å². The molecule has 0 unspecified atom stereocenters. The standard InChI is InChI=1S/C18H18N2O4/c1-12-14(7-8-15(19-12)13-5-3-2-4-6-13)17(21)20-9-10-24-16(11-20)18(22)23/h2-8,16H,9-11H2,1H3,(H,22,23)/t16-/m0/s1. The van der Waals surface area contributed by atoms with E-state index in [9.17, 15) is 9.59 Å². The Labute approximate surface area is 139 Å². The minimum absolute atomic E-state index is 0.0496. The van der Waals surface area contributed by atoms with Crippen LogP contribution in [0.25, 0.3) is 11.3 Å². The second kappa shape index (κ2) is 6.80. The van der Waals surface area contributed by atoms with Crippen molar-refractivity contribution >= 4 is 11.9 Å². The van der Waals surface area contributed by atoms with Gasteiger partial charge in [0.2, 0.25) is 0 Å². The largest absolute Gasteiger partial charge is 0.479 e. The molecule has 2 aromatic rings. The number of carbonyl (C=O) groups excluding carboxylic acids is 1. The van der Waals surface area contributed by atoms with E-state index in [0.717, 1.165) is 11.3 Å². The number of nitrogens with zero attached hydrogens (tertiary/aromatic N) is 2. The summed E-state index contributed by atoms with van der Waals surface area (Å²) in [6.45, 7) is 2.43. The van der Waals surface area contributed by atoms with Gasteiger partial charge in [0.1, 0.15) is 0 Å². The van der Waals surface area contributed by atoms with Crippen LogP contribution in [0.4, 0.5) is 0 Å². The van der Waals surface area contributed by atoms with Crippen LogP contribution in [0.3, 0.4) is 0 Å². The van der Waals surface area contributed by atoms with Crippen molar-refractivity contribution in [3.8, 4) is 11.3 Å². The van der Waals surface area contributed by atoms with E-state index >= 15 is 0 Å². The lowest BCUT2D eigenvalue weighted by Gasteiger charge is -2.31. The SMILES string of the molecule is Cc1nc(-c2ccccc2)ccc1C(=O)N1CCO[C@H](C(=O)O)C1. The molecule has 6 nitrogen and oxygen atoms in total. The highest BCUT2D eigenvalue weighted by atomic mass is 16.5. The highest BCUT2D eigenvalue weighted by Crippen LogP contribution is 2.20. The van der Waals surface area contributed by atoms with E-state index in [-0.39, 0.29) is 19.1 Å². The monoisotopic (exact) mass is 326 g/mol. The van der Waals surface area contributed by atoms with Gasteiger partial charge in [-0.25, -0.2) is 4.79 Å². The van der Waals surface area contributed by atoms with Gasteiger partial charge < -0.3 is 14.7 Å². The number of hydrogen-bond acceptors (Lipinski definition) is 4. The second-order valence-electron chi connectivity index (χ2n) is 5.64. The normalized spacial score (nSPS) is 17.5. The predicted octanol–water partition coefficient (Wildman–Crippen LogP) is 1.98. The number of carboxylic acids is 1. The molecule has 1 fully saturated rings. The number of morpholine rings is 1. The Kier molecular flexibility index (Phi) is 4.57. The van der Waals surface area contributed by atoms with E-state index in [1.165, 1.54) is 4.90 Å². The molecule has 0 saturated carbocycles. The van der Waals surface area contributed by atoms with E-state index in [4.69, 9.17) is 9.84 Å². The zero-order chi connectivity index (χ0) is 17.1. The summed E-state index contributed by atoms with van der Waals surface area (Å²) in [5, 5.41) is 9.05. The molecule has 2 heterocycles. The first-order chi connectivity index (χ1) is 11.6. The number of aromatic nitrogens is 1. The van der Waals surface area contributed by atoms with E-state index < -0.39 is 12.1 Å². The molecule has 1 atom stereocenters. The number of carboxylic acid groups (broad SMARTS) is 1. The third-order valence-electron chi connectivity index (χ3n) is 4.01. The van der Waals surface area contributed by atoms with Crippen molar-refractivity contribution in [2.75, 3.05) is 19.7 Å². The van der Waals surface area contributed by atoms with Gasteiger partial charge in [-0.15, -0.1) is 0 Å². The number of carbonyl (C=O) groups is 2. The number of aliphatic carboxylic acids is 1. The molecule has 0 bridgehead atoms. The minimum atomic E-state index is -1.05. The van der Waals surface area contributed by atoms with Crippen molar-refractivity contribution in [1.29, 1.82) is 0 Å². The maximum Gasteiger partial charge on any atom is 0.334 e. The minimum Gasteiger partial charge on any atom is -0.479 e. The second-order valence-corrected chi connectivity index (χ2v) is 5.64. The first-order valence-electron chi connectivity index (χ1n) is 7.73. The maximum atomic E-state index is 12.7. The van der Waals surface area contributed by atoms with Crippen LogP contribution in [0.2, 0.25) is 0 Å². The lowest BCUT2D eigenvalue weighted by molar-refractivity contribution is -0.154. The van der Waals surface area contributed by atoms with Gasteiger partial charge in [0.05, 0.1) is 30.1 Å². The van der Waals surface area contributed by atoms with Crippen molar-refractivity contribution in [3.05, 3.63) is 53.7 Å². The molecule has 0 aliphatic carbocycles. The zero-order valence-electron chi connectivity index (χ0n) is 13.3. The quantitative estimate of drug-likeness (QED) is 0.933.